The van der Waals surface area contributed by atoms with E-state index in [-0.39, 0.29) is 0 Å². The van der Waals surface area contributed by atoms with Crippen LogP contribution in [0.2, 0.25) is 0 Å². The van der Waals surface area contributed by atoms with Gasteiger partial charge in [0.05, 0.1) is 0 Å². The largest absolute Gasteiger partial charge is 0.314 e. The number of nitrogens with one attached hydrogen (secondary N) is 1. The van der Waals surface area contributed by atoms with Crippen LogP contribution in [0.5, 0.6) is 0 Å². The molecule has 0 spiro atoms. The first-order valence-corrected chi connectivity index (χ1v) is 9.53. The molecule has 0 aromatic heterocycles. The average molecular weight is 286 g/mol. The van der Waals surface area contributed by atoms with Crippen LogP contribution in [0, 0.1) is 0 Å². The molecule has 19 heavy (non-hydrogen) atoms. The predicted octanol–water partition coefficient (Wildman–Crippen LogP) is 2.14. The van der Waals surface area contributed by atoms with Crippen molar-refractivity contribution in [1.29, 1.82) is 0 Å². The van der Waals surface area contributed by atoms with Crippen molar-refractivity contribution < 1.29 is 4.21 Å². The smallest absolute Gasteiger partial charge is 0.0249 e. The van der Waals surface area contributed by atoms with E-state index in [0.717, 1.165) is 36.9 Å². The van der Waals surface area contributed by atoms with E-state index in [2.05, 4.69) is 17.3 Å². The molecule has 1 heterocycles. The van der Waals surface area contributed by atoms with Gasteiger partial charge >= 0.3 is 0 Å². The summed E-state index contributed by atoms with van der Waals surface area (Å²) in [5.41, 5.74) is 0. The summed E-state index contributed by atoms with van der Waals surface area (Å²) in [6, 6.07) is 1.46. The van der Waals surface area contributed by atoms with Gasteiger partial charge in [-0.2, -0.15) is 0 Å². The van der Waals surface area contributed by atoms with E-state index in [9.17, 15) is 4.21 Å². The van der Waals surface area contributed by atoms with Gasteiger partial charge in [0, 0.05) is 34.4 Å². The van der Waals surface area contributed by atoms with Crippen LogP contribution in [-0.2, 0) is 10.8 Å². The molecule has 3 nitrogen and oxygen atoms in total. The number of hydrogen-bond donors (Lipinski definition) is 1. The van der Waals surface area contributed by atoms with Crippen molar-refractivity contribution in [2.75, 3.05) is 31.6 Å². The van der Waals surface area contributed by atoms with Crippen molar-refractivity contribution in [1.82, 2.24) is 10.2 Å². The Morgan fingerprint density at radius 3 is 2.47 bits per heavy atom. The normalized spacial score (nSPS) is 29.8. The number of hydrogen-bond acceptors (Lipinski definition) is 3. The van der Waals surface area contributed by atoms with E-state index >= 15 is 0 Å². The van der Waals surface area contributed by atoms with E-state index in [0.29, 0.717) is 6.04 Å². The standard InChI is InChI=1S/C15H30N2OS/c1-17(15-6-3-2-4-7-15)11-5-10-16-14-8-12-19(18)13-9-14/h14-16H,2-13H2,1H3. The van der Waals surface area contributed by atoms with E-state index in [1.54, 1.807) is 0 Å². The molecule has 1 saturated carbocycles. The second-order valence-electron chi connectivity index (χ2n) is 6.20. The molecule has 112 valence electrons. The molecular weight excluding hydrogens is 256 g/mol. The summed E-state index contributed by atoms with van der Waals surface area (Å²) in [6.45, 7) is 2.34. The molecule has 2 rings (SSSR count). The Labute approximate surface area is 121 Å². The lowest BCUT2D eigenvalue weighted by Gasteiger charge is -2.31. The molecule has 2 aliphatic rings. The van der Waals surface area contributed by atoms with Crippen molar-refractivity contribution in [2.45, 2.75) is 63.5 Å². The van der Waals surface area contributed by atoms with Gasteiger partial charge in [0.2, 0.25) is 0 Å². The second kappa shape index (κ2) is 8.38. The molecule has 2 fully saturated rings. The molecule has 0 radical (unpaired) electrons. The van der Waals surface area contributed by atoms with E-state index in [1.807, 2.05) is 0 Å². The van der Waals surface area contributed by atoms with Crippen LogP contribution in [0.1, 0.15) is 51.4 Å². The van der Waals surface area contributed by atoms with Crippen LogP contribution in [0.25, 0.3) is 0 Å². The van der Waals surface area contributed by atoms with Crippen LogP contribution in [0.15, 0.2) is 0 Å². The highest BCUT2D eigenvalue weighted by atomic mass is 32.2. The summed E-state index contributed by atoms with van der Waals surface area (Å²) in [5, 5.41) is 3.64. The zero-order valence-electron chi connectivity index (χ0n) is 12.4. The fourth-order valence-electron chi connectivity index (χ4n) is 3.34. The summed E-state index contributed by atoms with van der Waals surface area (Å²) in [4.78, 5) is 2.57. The highest BCUT2D eigenvalue weighted by Gasteiger charge is 2.18. The quantitative estimate of drug-likeness (QED) is 0.759. The lowest BCUT2D eigenvalue weighted by molar-refractivity contribution is 0.189. The maximum absolute atomic E-state index is 11.3. The van der Waals surface area contributed by atoms with Gasteiger partial charge in [0.25, 0.3) is 0 Å². The predicted molar refractivity (Wildman–Crippen MR) is 83.0 cm³/mol. The van der Waals surface area contributed by atoms with Gasteiger partial charge in [-0.15, -0.1) is 0 Å². The first kappa shape index (κ1) is 15.5. The Bertz CT molecular complexity index is 269. The molecule has 0 unspecified atom stereocenters. The molecule has 1 saturated heterocycles. The first-order valence-electron chi connectivity index (χ1n) is 8.04. The first-order chi connectivity index (χ1) is 9.25. The minimum absolute atomic E-state index is 0.527. The lowest BCUT2D eigenvalue weighted by Crippen LogP contribution is -2.38. The Kier molecular flexibility index (Phi) is 6.82. The molecule has 0 atom stereocenters. The summed E-state index contributed by atoms with van der Waals surface area (Å²) in [7, 11) is 1.76. The third-order valence-electron chi connectivity index (χ3n) is 4.71. The third-order valence-corrected chi connectivity index (χ3v) is 6.09. The van der Waals surface area contributed by atoms with E-state index < -0.39 is 10.8 Å². The van der Waals surface area contributed by atoms with Gasteiger partial charge < -0.3 is 10.2 Å². The van der Waals surface area contributed by atoms with E-state index in [1.165, 1.54) is 45.1 Å². The van der Waals surface area contributed by atoms with Gasteiger partial charge in [-0.1, -0.05) is 19.3 Å². The second-order valence-corrected chi connectivity index (χ2v) is 7.90. The molecule has 1 N–H and O–H groups in total. The zero-order valence-corrected chi connectivity index (χ0v) is 13.2. The van der Waals surface area contributed by atoms with Gasteiger partial charge in [-0.05, 0) is 52.2 Å². The van der Waals surface area contributed by atoms with Crippen LogP contribution in [0.4, 0.5) is 0 Å². The van der Waals surface area contributed by atoms with Crippen LogP contribution in [-0.4, -0.2) is 52.8 Å². The summed E-state index contributed by atoms with van der Waals surface area (Å²) in [6.07, 6.45) is 10.5. The Morgan fingerprint density at radius 2 is 1.79 bits per heavy atom. The fourth-order valence-corrected chi connectivity index (χ4v) is 4.64. The Morgan fingerprint density at radius 1 is 1.11 bits per heavy atom. The van der Waals surface area contributed by atoms with Crippen LogP contribution >= 0.6 is 0 Å². The number of nitrogens with zero attached hydrogens (tertiary/aromatic N) is 1. The summed E-state index contributed by atoms with van der Waals surface area (Å²) >= 11 is 0. The molecule has 0 aromatic rings. The van der Waals surface area contributed by atoms with Crippen molar-refractivity contribution in [3.63, 3.8) is 0 Å². The third kappa shape index (κ3) is 5.52. The minimum Gasteiger partial charge on any atom is -0.314 e. The van der Waals surface area contributed by atoms with Crippen molar-refractivity contribution >= 4 is 10.8 Å². The minimum atomic E-state index is -0.527. The van der Waals surface area contributed by atoms with Gasteiger partial charge in [0.15, 0.2) is 0 Å². The van der Waals surface area contributed by atoms with Crippen LogP contribution < -0.4 is 5.32 Å². The molecule has 0 bridgehead atoms. The zero-order chi connectivity index (χ0) is 13.5. The lowest BCUT2D eigenvalue weighted by atomic mass is 9.94. The van der Waals surface area contributed by atoms with Gasteiger partial charge in [0.1, 0.15) is 0 Å². The molecule has 4 heteroatoms. The molecular formula is C15H30N2OS. The van der Waals surface area contributed by atoms with Crippen molar-refractivity contribution in [3.8, 4) is 0 Å². The highest BCUT2D eigenvalue weighted by molar-refractivity contribution is 7.85. The summed E-state index contributed by atoms with van der Waals surface area (Å²) < 4.78 is 11.3. The topological polar surface area (TPSA) is 32.3 Å². The van der Waals surface area contributed by atoms with Gasteiger partial charge in [-0.25, -0.2) is 0 Å². The number of rotatable bonds is 6. The monoisotopic (exact) mass is 286 g/mol. The van der Waals surface area contributed by atoms with Gasteiger partial charge in [-0.3, -0.25) is 4.21 Å². The molecule has 1 aliphatic heterocycles. The molecule has 1 aliphatic carbocycles. The van der Waals surface area contributed by atoms with E-state index in [4.69, 9.17) is 0 Å². The average Bonchev–Trinajstić information content (AvgIpc) is 2.46. The SMILES string of the molecule is CN(CCCNC1CCS(=O)CC1)C1CCCCC1. The molecule has 0 aromatic carbocycles. The fraction of sp³-hybridized carbons (Fsp3) is 1.00. The summed E-state index contributed by atoms with van der Waals surface area (Å²) in [5.74, 6) is 1.80. The van der Waals surface area contributed by atoms with Crippen LogP contribution in [0.3, 0.4) is 0 Å². The highest BCUT2D eigenvalue weighted by Crippen LogP contribution is 2.21. The van der Waals surface area contributed by atoms with Crippen molar-refractivity contribution in [2.24, 2.45) is 0 Å². The maximum atomic E-state index is 11.3. The Hall–Kier alpha value is 0.0700. The maximum Gasteiger partial charge on any atom is 0.0249 e. The van der Waals surface area contributed by atoms with Crippen molar-refractivity contribution in [3.05, 3.63) is 0 Å². The molecule has 0 amide bonds. The Balaban J connectivity index is 1.52.